The summed E-state index contributed by atoms with van der Waals surface area (Å²) in [4.78, 5) is 1.20. The van der Waals surface area contributed by atoms with Crippen LogP contribution in [-0.2, 0) is 16.5 Å². The zero-order valence-electron chi connectivity index (χ0n) is 11.6. The molecule has 0 spiro atoms. The third-order valence-electron chi connectivity index (χ3n) is 2.67. The Kier molecular flexibility index (Phi) is 8.84. The van der Waals surface area contributed by atoms with Crippen molar-refractivity contribution in [1.82, 2.24) is 0 Å². The molecular weight excluding hydrogens is 445 g/mol. The van der Waals surface area contributed by atoms with Crippen LogP contribution < -0.4 is 51.4 Å². The van der Waals surface area contributed by atoms with Crippen molar-refractivity contribution in [1.29, 1.82) is 0 Å². The van der Waals surface area contributed by atoms with Crippen LogP contribution in [0.2, 0.25) is 0 Å². The van der Waals surface area contributed by atoms with Gasteiger partial charge in [-0.25, -0.2) is 17.2 Å². The third-order valence-corrected chi connectivity index (χ3v) is 6.40. The van der Waals surface area contributed by atoms with Crippen molar-refractivity contribution in [3.05, 3.63) is 32.4 Å². The van der Waals surface area contributed by atoms with Gasteiger partial charge in [0.2, 0.25) is 0 Å². The Labute approximate surface area is 186 Å². The first-order chi connectivity index (χ1) is 9.76. The smallest absolute Gasteiger partial charge is 0.748 e. The van der Waals surface area contributed by atoms with Crippen LogP contribution in [0.1, 0.15) is 17.7 Å². The molecule has 22 heavy (non-hydrogen) atoms. The van der Waals surface area contributed by atoms with Gasteiger partial charge < -0.3 is 4.55 Å². The molecule has 0 aliphatic rings. The summed E-state index contributed by atoms with van der Waals surface area (Å²) in [5.74, 6) is -1.38. The molecule has 2 heterocycles. The fraction of sp³-hybridized carbons (Fsp3) is 0.333. The van der Waals surface area contributed by atoms with Gasteiger partial charge in [-0.2, -0.15) is 0 Å². The topological polar surface area (TPSA) is 57.2 Å². The van der Waals surface area contributed by atoms with E-state index in [1.807, 2.05) is 0 Å². The normalized spacial score (nSPS) is 11.5. The number of rotatable bonds is 6. The number of halogens is 3. The van der Waals surface area contributed by atoms with Gasteiger partial charge in [0.25, 0.3) is 0 Å². The van der Waals surface area contributed by atoms with Gasteiger partial charge in [0.05, 0.1) is 23.7 Å². The molecular formula is C12H10BrF2KO3S3. The van der Waals surface area contributed by atoms with E-state index >= 15 is 0 Å². The zero-order valence-corrected chi connectivity index (χ0v) is 18.7. The van der Waals surface area contributed by atoms with Gasteiger partial charge in [0, 0.05) is 10.6 Å². The van der Waals surface area contributed by atoms with Crippen molar-refractivity contribution in [2.75, 3.05) is 5.75 Å². The first-order valence-electron chi connectivity index (χ1n) is 5.93. The van der Waals surface area contributed by atoms with Gasteiger partial charge in [0.15, 0.2) is 0 Å². The maximum absolute atomic E-state index is 13.9. The van der Waals surface area contributed by atoms with Crippen LogP contribution in [0.4, 0.5) is 8.78 Å². The fourth-order valence-corrected chi connectivity index (χ4v) is 4.98. The van der Waals surface area contributed by atoms with E-state index in [-0.39, 0.29) is 67.6 Å². The molecule has 0 aliphatic heterocycles. The molecule has 10 heteroatoms. The number of thiophene rings is 2. The molecule has 116 valence electrons. The molecule has 0 amide bonds. The van der Waals surface area contributed by atoms with Crippen molar-refractivity contribution in [2.45, 2.75) is 19.3 Å². The average molecular weight is 455 g/mol. The van der Waals surface area contributed by atoms with Crippen molar-refractivity contribution in [2.24, 2.45) is 0 Å². The first kappa shape index (κ1) is 21.3. The van der Waals surface area contributed by atoms with E-state index in [4.69, 9.17) is 0 Å². The average Bonchev–Trinajstić information content (AvgIpc) is 2.86. The Bertz CT molecular complexity index is 743. The van der Waals surface area contributed by atoms with Crippen LogP contribution >= 0.6 is 38.6 Å². The molecule has 0 N–H and O–H groups in total. The summed E-state index contributed by atoms with van der Waals surface area (Å²) in [7, 11) is -4.20. The van der Waals surface area contributed by atoms with Gasteiger partial charge in [-0.1, -0.05) is 0 Å². The van der Waals surface area contributed by atoms with E-state index in [0.717, 1.165) is 22.7 Å². The zero-order chi connectivity index (χ0) is 15.6. The summed E-state index contributed by atoms with van der Waals surface area (Å²) in [6, 6.07) is 2.62. The van der Waals surface area contributed by atoms with Crippen LogP contribution in [0.15, 0.2) is 15.9 Å². The molecule has 3 nitrogen and oxygen atoms in total. The molecule has 0 bridgehead atoms. The minimum absolute atomic E-state index is 0. The summed E-state index contributed by atoms with van der Waals surface area (Å²) in [5, 5.41) is 0. The number of aryl methyl sites for hydroxylation is 1. The Morgan fingerprint density at radius 3 is 2.23 bits per heavy atom. The molecule has 0 saturated carbocycles. The number of hydrogen-bond acceptors (Lipinski definition) is 5. The maximum atomic E-state index is 13.9. The molecule has 0 atom stereocenters. The second-order valence-electron chi connectivity index (χ2n) is 4.34. The van der Waals surface area contributed by atoms with Crippen LogP contribution in [0.5, 0.6) is 0 Å². The largest absolute Gasteiger partial charge is 1.00 e. The van der Waals surface area contributed by atoms with Gasteiger partial charge in [-0.3, -0.25) is 0 Å². The van der Waals surface area contributed by atoms with Gasteiger partial charge in [-0.15, -0.1) is 22.7 Å². The van der Waals surface area contributed by atoms with Crippen molar-refractivity contribution < 1.29 is 73.1 Å². The summed E-state index contributed by atoms with van der Waals surface area (Å²) in [5.41, 5.74) is 0. The monoisotopic (exact) mass is 454 g/mol. The Morgan fingerprint density at radius 2 is 1.68 bits per heavy atom. The SMILES string of the molecule is O=S(=O)([O-])CCCCc1cc(F)c(-c2sc(Br)cc2F)s1.[K+]. The summed E-state index contributed by atoms with van der Waals surface area (Å²) >= 11 is 5.42. The number of unbranched alkanes of at least 4 members (excludes halogenated alkanes) is 1. The minimum atomic E-state index is -4.20. The second-order valence-corrected chi connectivity index (χ2v) is 9.43. The first-order valence-corrected chi connectivity index (χ1v) is 9.93. The van der Waals surface area contributed by atoms with Crippen molar-refractivity contribution in [3.8, 4) is 9.75 Å². The van der Waals surface area contributed by atoms with Gasteiger partial charge >= 0.3 is 51.4 Å². The maximum Gasteiger partial charge on any atom is 1.00 e. The van der Waals surface area contributed by atoms with Crippen LogP contribution in [0.25, 0.3) is 9.75 Å². The molecule has 0 saturated heterocycles. The van der Waals surface area contributed by atoms with Crippen LogP contribution in [0, 0.1) is 11.6 Å². The fourth-order valence-electron chi connectivity index (χ4n) is 1.77. The van der Waals surface area contributed by atoms with Crippen molar-refractivity contribution >= 4 is 48.7 Å². The molecule has 0 radical (unpaired) electrons. The van der Waals surface area contributed by atoms with Gasteiger partial charge in [0.1, 0.15) is 11.6 Å². The predicted octanol–water partition coefficient (Wildman–Crippen LogP) is 1.39. The molecule has 0 aromatic carbocycles. The minimum Gasteiger partial charge on any atom is -0.748 e. The van der Waals surface area contributed by atoms with Crippen LogP contribution in [0.3, 0.4) is 0 Å². The molecule has 0 unspecified atom stereocenters. The second kappa shape index (κ2) is 9.11. The molecule has 2 rings (SSSR count). The Morgan fingerprint density at radius 1 is 1.09 bits per heavy atom. The standard InChI is InChI=1S/C12H11BrF2O3S3.K/c13-10-6-9(15)12(20-10)11-8(14)5-7(19-11)3-1-2-4-21(16,17)18;/h5-6H,1-4H2,(H,16,17,18);/q;+1/p-1. The Hall–Kier alpha value is 1.29. The van der Waals surface area contributed by atoms with Crippen molar-refractivity contribution in [3.63, 3.8) is 0 Å². The van der Waals surface area contributed by atoms with E-state index in [1.165, 1.54) is 12.1 Å². The molecule has 2 aromatic rings. The van der Waals surface area contributed by atoms with E-state index < -0.39 is 27.5 Å². The molecule has 0 fully saturated rings. The number of hydrogen-bond donors (Lipinski definition) is 0. The van der Waals surface area contributed by atoms with E-state index in [2.05, 4.69) is 15.9 Å². The van der Waals surface area contributed by atoms with Crippen LogP contribution in [-0.4, -0.2) is 18.7 Å². The van der Waals surface area contributed by atoms with E-state index in [9.17, 15) is 21.8 Å². The third kappa shape index (κ3) is 6.30. The Balaban J connectivity index is 0.00000242. The summed E-state index contributed by atoms with van der Waals surface area (Å²) in [6.07, 6.45) is 1.17. The van der Waals surface area contributed by atoms with E-state index in [1.54, 1.807) is 0 Å². The summed E-state index contributed by atoms with van der Waals surface area (Å²) < 4.78 is 59.5. The molecule has 2 aromatic heterocycles. The van der Waals surface area contributed by atoms with Gasteiger partial charge in [-0.05, 0) is 47.3 Å². The quantitative estimate of drug-likeness (QED) is 0.376. The predicted molar refractivity (Wildman–Crippen MR) is 82.8 cm³/mol. The molecule has 0 aliphatic carbocycles. The van der Waals surface area contributed by atoms with E-state index in [0.29, 0.717) is 21.5 Å². The summed E-state index contributed by atoms with van der Waals surface area (Å²) in [6.45, 7) is 0.